The fraction of sp³-hybridized carbons (Fsp3) is 0.941. The molecular weight excluding hydrogens is 232 g/mol. The Kier molecular flexibility index (Phi) is 8.14. The third-order valence-electron chi connectivity index (χ3n) is 4.40. The lowest BCUT2D eigenvalue weighted by atomic mass is 9.93. The highest BCUT2D eigenvalue weighted by molar-refractivity contribution is 5.05. The molecule has 1 N–H and O–H groups in total. The van der Waals surface area contributed by atoms with E-state index in [0.717, 1.165) is 6.42 Å². The molecule has 0 radical (unpaired) electrons. The third kappa shape index (κ3) is 6.97. The lowest BCUT2D eigenvalue weighted by Crippen LogP contribution is -2.47. The van der Waals surface area contributed by atoms with Gasteiger partial charge in [0.2, 0.25) is 0 Å². The molecule has 110 valence electrons. The normalized spacial score (nSPS) is 20.5. The first-order chi connectivity index (χ1) is 9.20. The predicted molar refractivity (Wildman–Crippen MR) is 82.0 cm³/mol. The van der Waals surface area contributed by atoms with Crippen LogP contribution in [0.1, 0.15) is 90.9 Å². The highest BCUT2D eigenvalue weighted by Crippen LogP contribution is 2.22. The Bertz CT molecular complexity index is 261. The summed E-state index contributed by atoms with van der Waals surface area (Å²) in [4.78, 5) is 0. The van der Waals surface area contributed by atoms with Gasteiger partial charge in [0.25, 0.3) is 0 Å². The number of rotatable bonds is 8. The van der Waals surface area contributed by atoms with Crippen LogP contribution in [0.4, 0.5) is 0 Å². The van der Waals surface area contributed by atoms with Crippen molar-refractivity contribution in [3.63, 3.8) is 0 Å². The van der Waals surface area contributed by atoms with Gasteiger partial charge < -0.3 is 0 Å². The van der Waals surface area contributed by atoms with Gasteiger partial charge in [0.15, 0.2) is 0 Å². The summed E-state index contributed by atoms with van der Waals surface area (Å²) in [5.74, 6) is 0. The van der Waals surface area contributed by atoms with E-state index in [-0.39, 0.29) is 5.54 Å². The van der Waals surface area contributed by atoms with Crippen molar-refractivity contribution < 1.29 is 0 Å². The summed E-state index contributed by atoms with van der Waals surface area (Å²) in [7, 11) is 0. The zero-order valence-corrected chi connectivity index (χ0v) is 13.0. The largest absolute Gasteiger partial charge is 0.297 e. The second-order valence-electron chi connectivity index (χ2n) is 6.44. The van der Waals surface area contributed by atoms with Gasteiger partial charge in [-0.25, -0.2) is 0 Å². The number of unbranched alkanes of at least 4 members (excludes halogenated alkanes) is 4. The Balaban J connectivity index is 2.30. The van der Waals surface area contributed by atoms with Crippen molar-refractivity contribution >= 4 is 0 Å². The molecule has 1 atom stereocenters. The van der Waals surface area contributed by atoms with Crippen molar-refractivity contribution in [1.82, 2.24) is 5.32 Å². The lowest BCUT2D eigenvalue weighted by molar-refractivity contribution is 0.325. The smallest absolute Gasteiger partial charge is 0.104 e. The second kappa shape index (κ2) is 9.37. The molecular formula is C17H32N2. The van der Waals surface area contributed by atoms with Crippen LogP contribution in [-0.2, 0) is 0 Å². The van der Waals surface area contributed by atoms with Crippen LogP contribution in [0.2, 0.25) is 0 Å². The molecule has 1 fully saturated rings. The molecule has 1 aliphatic carbocycles. The van der Waals surface area contributed by atoms with Crippen molar-refractivity contribution in [2.45, 2.75) is 102 Å². The van der Waals surface area contributed by atoms with Crippen LogP contribution in [0.5, 0.6) is 0 Å². The molecule has 2 nitrogen and oxygen atoms in total. The first kappa shape index (κ1) is 16.5. The van der Waals surface area contributed by atoms with E-state index in [2.05, 4.69) is 25.2 Å². The fourth-order valence-corrected chi connectivity index (χ4v) is 3.12. The molecule has 19 heavy (non-hydrogen) atoms. The average Bonchev–Trinajstić information content (AvgIpc) is 2.67. The summed E-state index contributed by atoms with van der Waals surface area (Å²) in [6.45, 7) is 4.34. The highest BCUT2D eigenvalue weighted by atomic mass is 15.0. The number of hydrogen-bond donors (Lipinski definition) is 1. The standard InChI is InChI=1S/C17H32N2/c1-3-4-5-8-11-14-17(2,15-18)19-16-12-9-6-7-10-13-16/h16,19H,3-14H2,1-2H3. The number of hydrogen-bond acceptors (Lipinski definition) is 2. The zero-order chi connectivity index (χ0) is 14.0. The van der Waals surface area contributed by atoms with E-state index in [4.69, 9.17) is 0 Å². The van der Waals surface area contributed by atoms with Crippen LogP contribution in [0.25, 0.3) is 0 Å². The van der Waals surface area contributed by atoms with E-state index in [0.29, 0.717) is 6.04 Å². The summed E-state index contributed by atoms with van der Waals surface area (Å²) in [5, 5.41) is 13.1. The minimum absolute atomic E-state index is 0.304. The van der Waals surface area contributed by atoms with Gasteiger partial charge in [-0.1, -0.05) is 64.7 Å². The molecule has 2 heteroatoms. The molecule has 0 bridgehead atoms. The summed E-state index contributed by atoms with van der Waals surface area (Å²) in [5.41, 5.74) is -0.304. The third-order valence-corrected chi connectivity index (χ3v) is 4.40. The van der Waals surface area contributed by atoms with Gasteiger partial charge in [-0.2, -0.15) is 5.26 Å². The van der Waals surface area contributed by atoms with Crippen molar-refractivity contribution in [3.8, 4) is 6.07 Å². The van der Waals surface area contributed by atoms with E-state index in [1.165, 1.54) is 70.6 Å². The van der Waals surface area contributed by atoms with Gasteiger partial charge in [-0.3, -0.25) is 5.32 Å². The molecule has 1 aliphatic rings. The Morgan fingerprint density at radius 3 is 2.26 bits per heavy atom. The molecule has 0 aromatic carbocycles. The SMILES string of the molecule is CCCCCCCC(C)(C#N)NC1CCCCCC1. The Hall–Kier alpha value is -0.550. The topological polar surface area (TPSA) is 35.8 Å². The molecule has 0 heterocycles. The lowest BCUT2D eigenvalue weighted by Gasteiger charge is -2.29. The van der Waals surface area contributed by atoms with E-state index >= 15 is 0 Å². The van der Waals surface area contributed by atoms with Crippen LogP contribution in [-0.4, -0.2) is 11.6 Å². The van der Waals surface area contributed by atoms with Crippen molar-refractivity contribution in [3.05, 3.63) is 0 Å². The molecule has 0 aromatic rings. The summed E-state index contributed by atoms with van der Waals surface area (Å²) < 4.78 is 0. The van der Waals surface area contributed by atoms with Gasteiger partial charge in [-0.15, -0.1) is 0 Å². The summed E-state index contributed by atoms with van der Waals surface area (Å²) >= 11 is 0. The maximum absolute atomic E-state index is 9.48. The van der Waals surface area contributed by atoms with Gasteiger partial charge in [0.1, 0.15) is 5.54 Å². The molecule has 0 saturated heterocycles. The molecule has 1 unspecified atom stereocenters. The van der Waals surface area contributed by atoms with Crippen molar-refractivity contribution in [1.29, 1.82) is 5.26 Å². The monoisotopic (exact) mass is 264 g/mol. The van der Waals surface area contributed by atoms with Gasteiger partial charge >= 0.3 is 0 Å². The summed E-state index contributed by atoms with van der Waals surface area (Å²) in [6, 6.07) is 3.10. The maximum atomic E-state index is 9.48. The van der Waals surface area contributed by atoms with E-state index in [9.17, 15) is 5.26 Å². The quantitative estimate of drug-likeness (QED) is 0.498. The molecule has 1 saturated carbocycles. The average molecular weight is 264 g/mol. The summed E-state index contributed by atoms with van der Waals surface area (Å²) in [6.07, 6.45) is 15.3. The number of nitrogens with one attached hydrogen (secondary N) is 1. The van der Waals surface area contributed by atoms with Crippen LogP contribution in [0.15, 0.2) is 0 Å². The first-order valence-electron chi connectivity index (χ1n) is 8.39. The maximum Gasteiger partial charge on any atom is 0.104 e. The van der Waals surface area contributed by atoms with Crippen LogP contribution in [0, 0.1) is 11.3 Å². The Morgan fingerprint density at radius 1 is 1.05 bits per heavy atom. The van der Waals surface area contributed by atoms with Gasteiger partial charge in [0.05, 0.1) is 6.07 Å². The van der Waals surface area contributed by atoms with Crippen molar-refractivity contribution in [2.75, 3.05) is 0 Å². The number of nitriles is 1. The van der Waals surface area contributed by atoms with E-state index in [1.54, 1.807) is 0 Å². The minimum atomic E-state index is -0.304. The Labute approximate surface area is 120 Å². The minimum Gasteiger partial charge on any atom is -0.297 e. The molecule has 0 aliphatic heterocycles. The van der Waals surface area contributed by atoms with Crippen LogP contribution in [0.3, 0.4) is 0 Å². The van der Waals surface area contributed by atoms with E-state index in [1.807, 2.05) is 0 Å². The molecule has 1 rings (SSSR count). The Morgan fingerprint density at radius 2 is 1.68 bits per heavy atom. The van der Waals surface area contributed by atoms with E-state index < -0.39 is 0 Å². The second-order valence-corrected chi connectivity index (χ2v) is 6.44. The fourth-order valence-electron chi connectivity index (χ4n) is 3.12. The number of nitrogens with zero attached hydrogens (tertiary/aromatic N) is 1. The van der Waals surface area contributed by atoms with Crippen molar-refractivity contribution in [2.24, 2.45) is 0 Å². The predicted octanol–water partition coefficient (Wildman–Crippen LogP) is 4.94. The van der Waals surface area contributed by atoms with Gasteiger partial charge in [-0.05, 0) is 26.2 Å². The molecule has 0 spiro atoms. The zero-order valence-electron chi connectivity index (χ0n) is 13.0. The highest BCUT2D eigenvalue weighted by Gasteiger charge is 2.26. The first-order valence-corrected chi connectivity index (χ1v) is 8.39. The molecule has 0 amide bonds. The van der Waals surface area contributed by atoms with Crippen LogP contribution >= 0.6 is 0 Å². The van der Waals surface area contributed by atoms with Crippen LogP contribution < -0.4 is 5.32 Å². The molecule has 0 aromatic heterocycles. The van der Waals surface area contributed by atoms with Gasteiger partial charge in [0, 0.05) is 6.04 Å².